The van der Waals surface area contributed by atoms with Gasteiger partial charge in [0.2, 0.25) is 0 Å². The molecule has 0 unspecified atom stereocenters. The number of imidazole rings is 1. The lowest BCUT2D eigenvalue weighted by molar-refractivity contribution is -0.685. The smallest absolute Gasteiger partial charge is 0.254 e. The van der Waals surface area contributed by atoms with Crippen molar-refractivity contribution in [3.8, 4) is 5.75 Å². The third-order valence-corrected chi connectivity index (χ3v) is 4.78. The highest BCUT2D eigenvalue weighted by Gasteiger charge is 2.22. The van der Waals surface area contributed by atoms with Crippen molar-refractivity contribution in [2.24, 2.45) is 0 Å². The van der Waals surface area contributed by atoms with Crippen molar-refractivity contribution in [1.29, 1.82) is 0 Å². The summed E-state index contributed by atoms with van der Waals surface area (Å²) < 4.78 is 10.4. The van der Waals surface area contributed by atoms with Gasteiger partial charge in [0.25, 0.3) is 5.82 Å². The summed E-state index contributed by atoms with van der Waals surface area (Å²) in [4.78, 5) is 0. The Labute approximate surface area is 149 Å². The van der Waals surface area contributed by atoms with Gasteiger partial charge in [-0.1, -0.05) is 30.3 Å². The van der Waals surface area contributed by atoms with Crippen molar-refractivity contribution in [3.63, 3.8) is 0 Å². The van der Waals surface area contributed by atoms with E-state index in [1.54, 1.807) is 0 Å². The van der Waals surface area contributed by atoms with Crippen LogP contribution in [0.3, 0.4) is 0 Å². The second kappa shape index (κ2) is 7.28. The first-order valence-corrected chi connectivity index (χ1v) is 8.87. The summed E-state index contributed by atoms with van der Waals surface area (Å²) in [5.74, 6) is 2.02. The maximum atomic E-state index is 10.6. The highest BCUT2D eigenvalue weighted by molar-refractivity contribution is 5.72. The van der Waals surface area contributed by atoms with E-state index in [0.717, 1.165) is 34.8 Å². The third kappa shape index (κ3) is 3.40. The van der Waals surface area contributed by atoms with Crippen LogP contribution in [0.15, 0.2) is 42.5 Å². The summed E-state index contributed by atoms with van der Waals surface area (Å²) in [5.41, 5.74) is 4.54. The summed E-state index contributed by atoms with van der Waals surface area (Å²) in [6.07, 6.45) is -0.571. The zero-order chi connectivity index (χ0) is 18.0. The summed E-state index contributed by atoms with van der Waals surface area (Å²) in [7, 11) is 0. The highest BCUT2D eigenvalue weighted by Crippen LogP contribution is 2.22. The maximum Gasteiger partial charge on any atom is 0.254 e. The van der Waals surface area contributed by atoms with Gasteiger partial charge >= 0.3 is 0 Å². The van der Waals surface area contributed by atoms with E-state index < -0.39 is 6.10 Å². The number of aryl methyl sites for hydroxylation is 3. The summed E-state index contributed by atoms with van der Waals surface area (Å²) in [5, 5.41) is 10.6. The number of aliphatic hydroxyl groups excluding tert-OH is 1. The summed E-state index contributed by atoms with van der Waals surface area (Å²) >= 11 is 0. The Morgan fingerprint density at radius 2 is 1.72 bits per heavy atom. The average Bonchev–Trinajstić information content (AvgIpc) is 2.86. The molecular formula is C21H27N2O2+. The first kappa shape index (κ1) is 17.5. The zero-order valence-corrected chi connectivity index (χ0v) is 15.5. The number of ether oxygens (including phenoxy) is 1. The molecule has 0 spiro atoms. The molecule has 132 valence electrons. The molecule has 1 N–H and O–H groups in total. The van der Waals surface area contributed by atoms with E-state index in [0.29, 0.717) is 6.54 Å². The minimum absolute atomic E-state index is 0.282. The number of rotatable bonds is 6. The van der Waals surface area contributed by atoms with Crippen molar-refractivity contribution >= 4 is 11.0 Å². The van der Waals surface area contributed by atoms with Gasteiger partial charge < -0.3 is 9.84 Å². The quantitative estimate of drug-likeness (QED) is 0.700. The van der Waals surface area contributed by atoms with Crippen LogP contribution in [0.5, 0.6) is 5.75 Å². The number of hydrogen-bond acceptors (Lipinski definition) is 2. The molecule has 1 atom stereocenters. The molecule has 0 radical (unpaired) electrons. The van der Waals surface area contributed by atoms with Crippen LogP contribution in [-0.4, -0.2) is 22.4 Å². The van der Waals surface area contributed by atoms with E-state index in [1.165, 1.54) is 5.52 Å². The van der Waals surface area contributed by atoms with Crippen molar-refractivity contribution in [2.45, 2.75) is 46.9 Å². The Hall–Kier alpha value is -2.33. The monoisotopic (exact) mass is 339 g/mol. The number of aliphatic hydroxyl groups is 1. The average molecular weight is 339 g/mol. The third-order valence-electron chi connectivity index (χ3n) is 4.78. The zero-order valence-electron chi connectivity index (χ0n) is 15.5. The van der Waals surface area contributed by atoms with Crippen LogP contribution in [0.4, 0.5) is 0 Å². The lowest BCUT2D eigenvalue weighted by Gasteiger charge is -2.15. The van der Waals surface area contributed by atoms with Gasteiger partial charge in [-0.15, -0.1) is 0 Å². The van der Waals surface area contributed by atoms with Gasteiger partial charge in [0.1, 0.15) is 25.0 Å². The van der Waals surface area contributed by atoms with Crippen molar-refractivity contribution in [2.75, 3.05) is 6.61 Å². The van der Waals surface area contributed by atoms with Crippen LogP contribution in [0.2, 0.25) is 0 Å². The summed E-state index contributed by atoms with van der Waals surface area (Å²) in [6, 6.07) is 14.4. The van der Waals surface area contributed by atoms with Crippen molar-refractivity contribution in [1.82, 2.24) is 4.57 Å². The largest absolute Gasteiger partial charge is 0.490 e. The minimum atomic E-state index is -0.571. The van der Waals surface area contributed by atoms with E-state index >= 15 is 0 Å². The predicted octanol–water partition coefficient (Wildman–Crippen LogP) is 3.31. The molecule has 0 saturated heterocycles. The Balaban J connectivity index is 1.79. The first-order chi connectivity index (χ1) is 12.0. The van der Waals surface area contributed by atoms with Crippen LogP contribution in [0, 0.1) is 20.8 Å². The van der Waals surface area contributed by atoms with Crippen LogP contribution in [0.25, 0.3) is 11.0 Å². The molecule has 0 aliphatic rings. The number of hydrogen-bond donors (Lipinski definition) is 1. The van der Waals surface area contributed by atoms with Crippen molar-refractivity contribution < 1.29 is 14.4 Å². The number of nitrogens with zero attached hydrogens (tertiary/aromatic N) is 2. The fraction of sp³-hybridized carbons (Fsp3) is 0.381. The fourth-order valence-corrected chi connectivity index (χ4v) is 3.51. The predicted molar refractivity (Wildman–Crippen MR) is 100.0 cm³/mol. The number of aromatic nitrogens is 2. The van der Waals surface area contributed by atoms with Gasteiger partial charge in [-0.05, 0) is 44.0 Å². The van der Waals surface area contributed by atoms with Crippen LogP contribution in [0.1, 0.15) is 23.9 Å². The molecule has 1 aromatic heterocycles. The molecule has 1 heterocycles. The van der Waals surface area contributed by atoms with Crippen molar-refractivity contribution in [3.05, 3.63) is 59.4 Å². The number of fused-ring (bicyclic) bond motifs is 1. The van der Waals surface area contributed by atoms with E-state index in [4.69, 9.17) is 4.74 Å². The SMILES string of the molecule is CCn1c(C)[n+](C[C@H](O)COc2c(C)cccc2C)c2ccccc21. The molecule has 2 aromatic carbocycles. The van der Waals surface area contributed by atoms with E-state index in [9.17, 15) is 5.11 Å². The Morgan fingerprint density at radius 3 is 2.40 bits per heavy atom. The fourth-order valence-electron chi connectivity index (χ4n) is 3.51. The normalized spacial score (nSPS) is 12.5. The molecule has 0 fully saturated rings. The summed E-state index contributed by atoms with van der Waals surface area (Å²) in [6.45, 7) is 10.0. The van der Waals surface area contributed by atoms with E-state index in [1.807, 2.05) is 38.1 Å². The number of benzene rings is 2. The molecule has 4 nitrogen and oxygen atoms in total. The van der Waals surface area contributed by atoms with Gasteiger partial charge in [0.05, 0.1) is 6.54 Å². The molecule has 0 amide bonds. The molecule has 4 heteroatoms. The minimum Gasteiger partial charge on any atom is -0.490 e. The molecule has 25 heavy (non-hydrogen) atoms. The highest BCUT2D eigenvalue weighted by atomic mass is 16.5. The Bertz CT molecular complexity index is 863. The van der Waals surface area contributed by atoms with Gasteiger partial charge in [0.15, 0.2) is 11.0 Å². The van der Waals surface area contributed by atoms with Gasteiger partial charge in [-0.3, -0.25) is 0 Å². The van der Waals surface area contributed by atoms with Crippen LogP contribution in [-0.2, 0) is 13.1 Å². The lowest BCUT2D eigenvalue weighted by atomic mass is 10.1. The standard InChI is InChI=1S/C21H27N2O2/c1-5-22-17(4)23(20-12-7-6-11-19(20)22)13-18(24)14-25-21-15(2)9-8-10-16(21)3/h6-12,18,24H,5,13-14H2,1-4H3/q+1/t18-/m0/s1. The van der Waals surface area contributed by atoms with E-state index in [2.05, 4.69) is 41.2 Å². The van der Waals surface area contributed by atoms with Gasteiger partial charge in [0, 0.05) is 6.92 Å². The van der Waals surface area contributed by atoms with Crippen LogP contribution >= 0.6 is 0 Å². The Morgan fingerprint density at radius 1 is 1.04 bits per heavy atom. The second-order valence-corrected chi connectivity index (χ2v) is 6.58. The maximum absolute atomic E-state index is 10.6. The molecule has 0 aliphatic heterocycles. The molecule has 0 aliphatic carbocycles. The molecule has 3 aromatic rings. The first-order valence-electron chi connectivity index (χ1n) is 8.87. The number of para-hydroxylation sites is 3. The topological polar surface area (TPSA) is 38.3 Å². The van der Waals surface area contributed by atoms with Gasteiger partial charge in [-0.25, -0.2) is 9.13 Å². The second-order valence-electron chi connectivity index (χ2n) is 6.58. The lowest BCUT2D eigenvalue weighted by Crippen LogP contribution is -2.44. The van der Waals surface area contributed by atoms with Gasteiger partial charge in [-0.2, -0.15) is 0 Å². The molecule has 3 rings (SSSR count). The Kier molecular flexibility index (Phi) is 5.09. The molecule has 0 bridgehead atoms. The molecule has 0 saturated carbocycles. The van der Waals surface area contributed by atoms with Crippen LogP contribution < -0.4 is 9.30 Å². The molecular weight excluding hydrogens is 312 g/mol. The van der Waals surface area contributed by atoms with E-state index in [-0.39, 0.29) is 6.61 Å².